The maximum Gasteiger partial charge on any atom is 0.344 e. The van der Waals surface area contributed by atoms with E-state index >= 15 is 0 Å². The molecule has 1 unspecified atom stereocenters. The smallest absolute Gasteiger partial charge is 0.344 e. The number of rotatable bonds is 8. The number of hydrogen-bond donors (Lipinski definition) is 1. The Morgan fingerprint density at radius 2 is 2.20 bits per heavy atom. The number of pyridine rings is 1. The highest BCUT2D eigenvalue weighted by molar-refractivity contribution is 5.71. The van der Waals surface area contributed by atoms with Crippen molar-refractivity contribution >= 4 is 5.97 Å². The maximum absolute atomic E-state index is 11.5. The first kappa shape index (κ1) is 16.4. The molecule has 1 atom stereocenters. The highest BCUT2D eigenvalue weighted by atomic mass is 16.6. The molecular formula is C15H24N2O3. The molecule has 1 aromatic heterocycles. The fourth-order valence-electron chi connectivity index (χ4n) is 1.69. The van der Waals surface area contributed by atoms with Gasteiger partial charge in [-0.05, 0) is 32.4 Å². The summed E-state index contributed by atoms with van der Waals surface area (Å²) in [7, 11) is 0. The predicted molar refractivity (Wildman–Crippen MR) is 77.7 cm³/mol. The van der Waals surface area contributed by atoms with Crippen LogP contribution in [0.25, 0.3) is 0 Å². The standard InChI is InChI=1S/C15H24N2O3/c1-4-5-8-19-15(18)10-20-14-7-6-12(3)17-13(14)9-11(2)16/h6-7,11H,4-5,8-10,16H2,1-3H3. The van der Waals surface area contributed by atoms with Crippen LogP contribution in [0.15, 0.2) is 12.1 Å². The van der Waals surface area contributed by atoms with E-state index in [0.717, 1.165) is 24.2 Å². The Morgan fingerprint density at radius 3 is 2.85 bits per heavy atom. The number of aromatic nitrogens is 1. The monoisotopic (exact) mass is 280 g/mol. The fraction of sp³-hybridized carbons (Fsp3) is 0.600. The third-order valence-electron chi connectivity index (χ3n) is 2.69. The Kier molecular flexibility index (Phi) is 7.01. The van der Waals surface area contributed by atoms with Gasteiger partial charge in [0, 0.05) is 18.2 Å². The van der Waals surface area contributed by atoms with E-state index in [0.29, 0.717) is 18.8 Å². The van der Waals surface area contributed by atoms with Gasteiger partial charge in [-0.15, -0.1) is 0 Å². The van der Waals surface area contributed by atoms with Gasteiger partial charge >= 0.3 is 5.97 Å². The van der Waals surface area contributed by atoms with Gasteiger partial charge in [0.1, 0.15) is 5.75 Å². The van der Waals surface area contributed by atoms with Crippen LogP contribution in [-0.2, 0) is 16.0 Å². The first-order valence-corrected chi connectivity index (χ1v) is 7.03. The van der Waals surface area contributed by atoms with Crippen LogP contribution in [0, 0.1) is 6.92 Å². The van der Waals surface area contributed by atoms with Crippen molar-refractivity contribution in [1.29, 1.82) is 0 Å². The second kappa shape index (κ2) is 8.53. The van der Waals surface area contributed by atoms with Gasteiger partial charge in [0.15, 0.2) is 6.61 Å². The van der Waals surface area contributed by atoms with Gasteiger partial charge in [-0.3, -0.25) is 4.98 Å². The number of nitrogens with two attached hydrogens (primary N) is 1. The lowest BCUT2D eigenvalue weighted by Gasteiger charge is -2.12. The summed E-state index contributed by atoms with van der Waals surface area (Å²) in [5.74, 6) is 0.242. The minimum atomic E-state index is -0.356. The molecule has 0 fully saturated rings. The molecule has 0 aliphatic carbocycles. The van der Waals surface area contributed by atoms with E-state index in [-0.39, 0.29) is 18.6 Å². The molecule has 112 valence electrons. The molecule has 0 amide bonds. The molecule has 0 aliphatic heterocycles. The third kappa shape index (κ3) is 6.02. The molecule has 0 saturated carbocycles. The molecule has 1 aromatic rings. The molecule has 1 heterocycles. The number of ether oxygens (including phenoxy) is 2. The van der Waals surface area contributed by atoms with Crippen molar-refractivity contribution in [1.82, 2.24) is 4.98 Å². The lowest BCUT2D eigenvalue weighted by molar-refractivity contribution is -0.146. The van der Waals surface area contributed by atoms with Crippen molar-refractivity contribution in [2.75, 3.05) is 13.2 Å². The van der Waals surface area contributed by atoms with E-state index in [1.807, 2.05) is 32.9 Å². The zero-order chi connectivity index (χ0) is 15.0. The molecule has 0 spiro atoms. The number of aryl methyl sites for hydroxylation is 1. The van der Waals surface area contributed by atoms with Crippen LogP contribution in [0.4, 0.5) is 0 Å². The summed E-state index contributed by atoms with van der Waals surface area (Å²) in [6, 6.07) is 3.66. The summed E-state index contributed by atoms with van der Waals surface area (Å²) in [4.78, 5) is 15.9. The summed E-state index contributed by atoms with van der Waals surface area (Å²) in [6.45, 7) is 6.21. The van der Waals surface area contributed by atoms with Crippen LogP contribution < -0.4 is 10.5 Å². The Balaban J connectivity index is 2.56. The largest absolute Gasteiger partial charge is 0.480 e. The minimum Gasteiger partial charge on any atom is -0.480 e. The van der Waals surface area contributed by atoms with Gasteiger partial charge in [-0.25, -0.2) is 4.79 Å². The van der Waals surface area contributed by atoms with Crippen LogP contribution in [0.2, 0.25) is 0 Å². The lowest BCUT2D eigenvalue weighted by atomic mass is 10.1. The molecule has 0 radical (unpaired) electrons. The Hall–Kier alpha value is -1.62. The second-order valence-electron chi connectivity index (χ2n) is 4.94. The zero-order valence-corrected chi connectivity index (χ0v) is 12.5. The molecule has 1 rings (SSSR count). The van der Waals surface area contributed by atoms with Crippen LogP contribution >= 0.6 is 0 Å². The average molecular weight is 280 g/mol. The van der Waals surface area contributed by atoms with Crippen LogP contribution in [0.5, 0.6) is 5.75 Å². The summed E-state index contributed by atoms with van der Waals surface area (Å²) in [5.41, 5.74) is 7.47. The second-order valence-corrected chi connectivity index (χ2v) is 4.94. The number of carbonyl (C=O) groups excluding carboxylic acids is 1. The van der Waals surface area contributed by atoms with Crippen molar-refractivity contribution < 1.29 is 14.3 Å². The number of esters is 1. The van der Waals surface area contributed by atoms with E-state index in [9.17, 15) is 4.79 Å². The van der Waals surface area contributed by atoms with Crippen molar-refractivity contribution in [3.05, 3.63) is 23.5 Å². The molecular weight excluding hydrogens is 256 g/mol. The summed E-state index contributed by atoms with van der Waals surface area (Å²) in [6.07, 6.45) is 2.48. The van der Waals surface area contributed by atoms with Gasteiger partial charge in [0.2, 0.25) is 0 Å². The molecule has 2 N–H and O–H groups in total. The Morgan fingerprint density at radius 1 is 1.45 bits per heavy atom. The summed E-state index contributed by atoms with van der Waals surface area (Å²) in [5, 5.41) is 0. The van der Waals surface area contributed by atoms with Gasteiger partial charge in [0.25, 0.3) is 0 Å². The van der Waals surface area contributed by atoms with Gasteiger partial charge in [-0.2, -0.15) is 0 Å². The average Bonchev–Trinajstić information content (AvgIpc) is 2.37. The molecule has 0 aliphatic rings. The van der Waals surface area contributed by atoms with Crippen molar-refractivity contribution in [2.45, 2.75) is 46.1 Å². The Labute approximate surface area is 120 Å². The number of unbranched alkanes of at least 4 members (excludes halogenated alkanes) is 1. The molecule has 0 bridgehead atoms. The van der Waals surface area contributed by atoms with E-state index in [1.165, 1.54) is 0 Å². The summed E-state index contributed by atoms with van der Waals surface area (Å²) < 4.78 is 10.5. The van der Waals surface area contributed by atoms with Crippen LogP contribution in [0.1, 0.15) is 38.1 Å². The highest BCUT2D eigenvalue weighted by Gasteiger charge is 2.11. The van der Waals surface area contributed by atoms with E-state index < -0.39 is 0 Å². The van der Waals surface area contributed by atoms with Gasteiger partial charge in [0.05, 0.1) is 12.3 Å². The third-order valence-corrected chi connectivity index (χ3v) is 2.69. The van der Waals surface area contributed by atoms with Gasteiger partial charge in [-0.1, -0.05) is 13.3 Å². The number of nitrogens with zero attached hydrogens (tertiary/aromatic N) is 1. The van der Waals surface area contributed by atoms with E-state index in [1.54, 1.807) is 0 Å². The minimum absolute atomic E-state index is 0.0110. The fourth-order valence-corrected chi connectivity index (χ4v) is 1.69. The molecule has 0 saturated heterocycles. The predicted octanol–water partition coefficient (Wildman–Crippen LogP) is 2.00. The first-order chi connectivity index (χ1) is 9.52. The quantitative estimate of drug-likeness (QED) is 0.582. The molecule has 5 nitrogen and oxygen atoms in total. The van der Waals surface area contributed by atoms with Crippen LogP contribution in [-0.4, -0.2) is 30.2 Å². The van der Waals surface area contributed by atoms with Crippen molar-refractivity contribution in [3.8, 4) is 5.75 Å². The number of carbonyl (C=O) groups is 1. The van der Waals surface area contributed by atoms with Crippen LogP contribution in [0.3, 0.4) is 0 Å². The topological polar surface area (TPSA) is 74.4 Å². The lowest BCUT2D eigenvalue weighted by Crippen LogP contribution is -2.21. The normalized spacial score (nSPS) is 12.0. The highest BCUT2D eigenvalue weighted by Crippen LogP contribution is 2.18. The Bertz CT molecular complexity index is 433. The molecule has 20 heavy (non-hydrogen) atoms. The summed E-state index contributed by atoms with van der Waals surface area (Å²) >= 11 is 0. The molecule has 5 heteroatoms. The maximum atomic E-state index is 11.5. The van der Waals surface area contributed by atoms with Crippen molar-refractivity contribution in [2.24, 2.45) is 5.73 Å². The molecule has 0 aromatic carbocycles. The van der Waals surface area contributed by atoms with E-state index in [2.05, 4.69) is 4.98 Å². The SMILES string of the molecule is CCCCOC(=O)COc1ccc(C)nc1CC(C)N. The van der Waals surface area contributed by atoms with Crippen molar-refractivity contribution in [3.63, 3.8) is 0 Å². The zero-order valence-electron chi connectivity index (χ0n) is 12.5. The number of hydrogen-bond acceptors (Lipinski definition) is 5. The first-order valence-electron chi connectivity index (χ1n) is 7.03. The van der Waals surface area contributed by atoms with E-state index in [4.69, 9.17) is 15.2 Å². The van der Waals surface area contributed by atoms with Gasteiger partial charge < -0.3 is 15.2 Å².